The lowest BCUT2D eigenvalue weighted by molar-refractivity contribution is -0.157. The third-order valence-corrected chi connectivity index (χ3v) is 8.19. The first kappa shape index (κ1) is 20.0. The Bertz CT molecular complexity index is 946. The van der Waals surface area contributed by atoms with Crippen molar-refractivity contribution in [3.05, 3.63) is 12.3 Å². The van der Waals surface area contributed by atoms with Gasteiger partial charge in [0.05, 0.1) is 18.6 Å². The minimum Gasteiger partial charge on any atom is -0.466 e. The van der Waals surface area contributed by atoms with Crippen molar-refractivity contribution >= 4 is 41.3 Å². The third-order valence-electron chi connectivity index (χ3n) is 6.28. The molecule has 28 heavy (non-hydrogen) atoms. The minimum atomic E-state index is -2.56. The molecule has 2 atom stereocenters. The highest BCUT2D eigenvalue weighted by Crippen LogP contribution is 2.52. The van der Waals surface area contributed by atoms with Crippen LogP contribution in [0.1, 0.15) is 38.6 Å². The summed E-state index contributed by atoms with van der Waals surface area (Å²) in [7, 11) is -2.56. The van der Waals surface area contributed by atoms with Crippen molar-refractivity contribution in [2.75, 3.05) is 26.2 Å². The van der Waals surface area contributed by atoms with Gasteiger partial charge in [0.2, 0.25) is 0 Å². The molecular formula is C20H28N3O3PS. The molecule has 2 bridgehead atoms. The summed E-state index contributed by atoms with van der Waals surface area (Å²) in [6.45, 7) is 5.77. The molecule has 3 aliphatic carbocycles. The van der Waals surface area contributed by atoms with Crippen LogP contribution >= 0.6 is 18.9 Å². The molecule has 5 rings (SSSR count). The molecular weight excluding hydrogens is 393 g/mol. The maximum atomic E-state index is 12.9. The molecule has 0 aromatic carbocycles. The Balaban J connectivity index is 1.88. The van der Waals surface area contributed by atoms with E-state index in [1.807, 2.05) is 25.4 Å². The highest BCUT2D eigenvalue weighted by molar-refractivity contribution is 7.98. The second-order valence-electron chi connectivity index (χ2n) is 8.29. The van der Waals surface area contributed by atoms with E-state index < -0.39 is 7.14 Å². The molecule has 2 heterocycles. The van der Waals surface area contributed by atoms with Gasteiger partial charge in [-0.1, -0.05) is 11.8 Å². The number of carbonyl (C=O) groups is 1. The normalized spacial score (nSPS) is 27.3. The van der Waals surface area contributed by atoms with Crippen LogP contribution in [-0.4, -0.2) is 46.7 Å². The van der Waals surface area contributed by atoms with Gasteiger partial charge < -0.3 is 13.9 Å². The van der Waals surface area contributed by atoms with Crippen LogP contribution in [0.5, 0.6) is 0 Å². The molecule has 3 fully saturated rings. The van der Waals surface area contributed by atoms with E-state index >= 15 is 0 Å². The van der Waals surface area contributed by atoms with E-state index in [1.54, 1.807) is 13.3 Å². The molecule has 0 spiro atoms. The summed E-state index contributed by atoms with van der Waals surface area (Å²) >= 11 is 1.45. The zero-order valence-electron chi connectivity index (χ0n) is 16.9. The highest BCUT2D eigenvalue weighted by Gasteiger charge is 2.49. The van der Waals surface area contributed by atoms with E-state index in [2.05, 4.69) is 9.55 Å². The lowest BCUT2D eigenvalue weighted by Gasteiger charge is -2.47. The molecule has 0 aliphatic heterocycles. The van der Waals surface area contributed by atoms with Gasteiger partial charge in [0.1, 0.15) is 18.2 Å². The Morgan fingerprint density at radius 3 is 2.54 bits per heavy atom. The summed E-state index contributed by atoms with van der Waals surface area (Å²) in [5.74, 6) is 0.603. The lowest BCUT2D eigenvalue weighted by Crippen LogP contribution is -2.45. The molecule has 3 saturated carbocycles. The molecule has 152 valence electrons. The molecule has 0 saturated heterocycles. The number of nitrogens with zero attached hydrogens (tertiary/aromatic N) is 3. The van der Waals surface area contributed by atoms with Gasteiger partial charge in [-0.15, -0.1) is 0 Å². The topological polar surface area (TPSA) is 74.1 Å². The van der Waals surface area contributed by atoms with Gasteiger partial charge in [0.15, 0.2) is 5.16 Å². The Morgan fingerprint density at radius 2 is 1.93 bits per heavy atom. The number of rotatable bonds is 5. The lowest BCUT2D eigenvalue weighted by atomic mass is 9.61. The predicted molar refractivity (Wildman–Crippen MR) is 113 cm³/mol. The van der Waals surface area contributed by atoms with Crippen LogP contribution < -0.4 is 5.44 Å². The third kappa shape index (κ3) is 3.30. The van der Waals surface area contributed by atoms with Gasteiger partial charge in [-0.05, 0) is 70.1 Å². The summed E-state index contributed by atoms with van der Waals surface area (Å²) in [5.41, 5.74) is 1.43. The fourth-order valence-electron chi connectivity index (χ4n) is 5.13. The van der Waals surface area contributed by atoms with Crippen molar-refractivity contribution in [3.63, 3.8) is 0 Å². The number of ether oxygens (including phenoxy) is 1. The molecule has 2 aromatic rings. The number of carbonyl (C=O) groups excluding carboxylic acids is 1. The summed E-state index contributed by atoms with van der Waals surface area (Å²) in [6.07, 6.45) is 8.41. The zero-order valence-corrected chi connectivity index (χ0v) is 18.6. The van der Waals surface area contributed by atoms with E-state index in [0.717, 1.165) is 36.7 Å². The van der Waals surface area contributed by atoms with Gasteiger partial charge in [0, 0.05) is 11.6 Å². The Labute approximate surface area is 170 Å². The van der Waals surface area contributed by atoms with E-state index in [-0.39, 0.29) is 17.9 Å². The quantitative estimate of drug-likeness (QED) is 0.315. The van der Waals surface area contributed by atoms with Crippen LogP contribution in [0.15, 0.2) is 17.4 Å². The van der Waals surface area contributed by atoms with Crippen LogP contribution in [0.3, 0.4) is 0 Å². The first-order valence-electron chi connectivity index (χ1n) is 10.00. The number of hydrogen-bond donors (Lipinski definition) is 0. The average molecular weight is 422 g/mol. The summed E-state index contributed by atoms with van der Waals surface area (Å²) < 4.78 is 20.5. The molecule has 2 aromatic heterocycles. The minimum absolute atomic E-state index is 0.0506. The average Bonchev–Trinajstić information content (AvgIpc) is 3.10. The van der Waals surface area contributed by atoms with Crippen molar-refractivity contribution < 1.29 is 14.1 Å². The molecule has 0 amide bonds. The summed E-state index contributed by atoms with van der Waals surface area (Å²) in [4.78, 5) is 22.2. The second-order valence-corrected chi connectivity index (χ2v) is 12.2. The van der Waals surface area contributed by atoms with E-state index in [9.17, 15) is 9.36 Å². The monoisotopic (exact) mass is 421 g/mol. The maximum Gasteiger partial charge on any atom is 0.311 e. The van der Waals surface area contributed by atoms with Crippen molar-refractivity contribution in [1.82, 2.24) is 14.5 Å². The van der Waals surface area contributed by atoms with Crippen molar-refractivity contribution in [2.45, 2.75) is 43.8 Å². The van der Waals surface area contributed by atoms with E-state index in [0.29, 0.717) is 29.0 Å². The number of thioether (sulfide) groups is 1. The molecule has 8 heteroatoms. The zero-order chi connectivity index (χ0) is 20.1. The van der Waals surface area contributed by atoms with Crippen LogP contribution in [-0.2, 0) is 14.1 Å². The van der Waals surface area contributed by atoms with Crippen molar-refractivity contribution in [2.24, 2.45) is 17.8 Å². The SMILES string of the molecule is CCOC(=O)[C@H]1C2CCC(CC2)[C@@H]1n1ccc2c(P(C)(C)=O)nc(SC)nc21. The molecule has 0 radical (unpaired) electrons. The summed E-state index contributed by atoms with van der Waals surface area (Å²) in [5, 5.41) is 1.47. The first-order valence-corrected chi connectivity index (χ1v) is 13.8. The van der Waals surface area contributed by atoms with E-state index in [4.69, 9.17) is 9.72 Å². The molecule has 0 unspecified atom stereocenters. The first-order chi connectivity index (χ1) is 13.3. The molecule has 0 N–H and O–H groups in total. The number of fused-ring (bicyclic) bond motifs is 4. The van der Waals surface area contributed by atoms with Crippen LogP contribution in [0.4, 0.5) is 0 Å². The van der Waals surface area contributed by atoms with Gasteiger partial charge in [0.25, 0.3) is 0 Å². The van der Waals surface area contributed by atoms with Crippen molar-refractivity contribution in [3.8, 4) is 0 Å². The predicted octanol–water partition coefficient (Wildman–Crippen LogP) is 3.94. The van der Waals surface area contributed by atoms with Gasteiger partial charge >= 0.3 is 5.97 Å². The largest absolute Gasteiger partial charge is 0.466 e. The molecule has 3 aliphatic rings. The Hall–Kier alpha value is -1.33. The second kappa shape index (κ2) is 7.49. The van der Waals surface area contributed by atoms with Crippen LogP contribution in [0.25, 0.3) is 11.0 Å². The smallest absolute Gasteiger partial charge is 0.311 e. The van der Waals surface area contributed by atoms with Gasteiger partial charge in [-0.2, -0.15) is 0 Å². The van der Waals surface area contributed by atoms with Crippen LogP contribution in [0.2, 0.25) is 0 Å². The maximum absolute atomic E-state index is 12.9. The molecule has 6 nitrogen and oxygen atoms in total. The summed E-state index contributed by atoms with van der Waals surface area (Å²) in [6, 6.07) is 2.02. The van der Waals surface area contributed by atoms with Gasteiger partial charge in [-0.3, -0.25) is 4.79 Å². The number of hydrogen-bond acceptors (Lipinski definition) is 6. The van der Waals surface area contributed by atoms with Gasteiger partial charge in [-0.25, -0.2) is 9.97 Å². The van der Waals surface area contributed by atoms with E-state index in [1.165, 1.54) is 11.8 Å². The Morgan fingerprint density at radius 1 is 1.25 bits per heavy atom. The van der Waals surface area contributed by atoms with Crippen molar-refractivity contribution in [1.29, 1.82) is 0 Å². The van der Waals surface area contributed by atoms with Crippen LogP contribution in [0, 0.1) is 17.8 Å². The number of esters is 1. The Kier molecular flexibility index (Phi) is 5.34. The highest BCUT2D eigenvalue weighted by atomic mass is 32.2. The standard InChI is InChI=1S/C20H28N3O3PS/c1-5-26-19(24)15-12-6-8-13(9-7-12)16(15)23-11-10-14-17(23)21-20(28-4)22-18(14)27(2,3)25/h10-13,15-16H,5-9H2,1-4H3/t12?,13?,15-,16-/m0/s1. The number of aromatic nitrogens is 3. The fourth-order valence-corrected chi connectivity index (χ4v) is 6.65. The fraction of sp³-hybridized carbons (Fsp3) is 0.650.